The lowest BCUT2D eigenvalue weighted by Gasteiger charge is -2.31. The first kappa shape index (κ1) is 16.3. The third kappa shape index (κ3) is 3.75. The minimum Gasteiger partial charge on any atom is -0.465 e. The van der Waals surface area contributed by atoms with E-state index in [1.165, 1.54) is 17.8 Å². The summed E-state index contributed by atoms with van der Waals surface area (Å²) in [6.45, 7) is 10.1. The fourth-order valence-corrected chi connectivity index (χ4v) is 4.79. The van der Waals surface area contributed by atoms with Crippen molar-refractivity contribution >= 4 is 11.3 Å². The summed E-state index contributed by atoms with van der Waals surface area (Å²) < 4.78 is 11.8. The zero-order valence-corrected chi connectivity index (χ0v) is 15.2. The van der Waals surface area contributed by atoms with Crippen LogP contribution in [0.25, 0.3) is 0 Å². The molecule has 0 N–H and O–H groups in total. The van der Waals surface area contributed by atoms with Crippen LogP contribution in [-0.2, 0) is 17.8 Å². The number of hydrogen-bond donors (Lipinski definition) is 0. The van der Waals surface area contributed by atoms with Gasteiger partial charge in [-0.15, -0.1) is 11.3 Å². The summed E-state index contributed by atoms with van der Waals surface area (Å²) in [4.78, 5) is 6.57. The quantitative estimate of drug-likeness (QED) is 0.849. The maximum absolute atomic E-state index is 5.99. The second-order valence-corrected chi connectivity index (χ2v) is 8.35. The van der Waals surface area contributed by atoms with E-state index in [1.54, 1.807) is 0 Å². The Morgan fingerprint density at radius 2 is 2.00 bits per heavy atom. The van der Waals surface area contributed by atoms with Crippen LogP contribution in [0.1, 0.15) is 22.8 Å². The third-order valence-electron chi connectivity index (χ3n) is 5.17. The zero-order valence-electron chi connectivity index (χ0n) is 14.4. The van der Waals surface area contributed by atoms with E-state index in [0.29, 0.717) is 0 Å². The molecule has 4 heterocycles. The Hall–Kier alpha value is -1.14. The Labute approximate surface area is 148 Å². The van der Waals surface area contributed by atoms with Crippen LogP contribution in [-0.4, -0.2) is 49.2 Å². The molecule has 4 rings (SSSR count). The molecule has 0 saturated carbocycles. The Morgan fingerprint density at radius 3 is 2.75 bits per heavy atom. The number of thiophene rings is 1. The predicted molar refractivity (Wildman–Crippen MR) is 96.2 cm³/mol. The molecule has 0 unspecified atom stereocenters. The molecule has 2 saturated heterocycles. The molecular weight excluding hydrogens is 320 g/mol. The Bertz CT molecular complexity index is 654. The van der Waals surface area contributed by atoms with Gasteiger partial charge >= 0.3 is 0 Å². The van der Waals surface area contributed by atoms with Crippen LogP contribution < -0.4 is 0 Å². The van der Waals surface area contributed by atoms with Crippen molar-refractivity contribution in [3.8, 4) is 0 Å². The smallest absolute Gasteiger partial charge is 0.118 e. The second-order valence-electron chi connectivity index (χ2n) is 7.32. The van der Waals surface area contributed by atoms with E-state index >= 15 is 0 Å². The van der Waals surface area contributed by atoms with Crippen molar-refractivity contribution in [1.29, 1.82) is 0 Å². The van der Waals surface area contributed by atoms with Gasteiger partial charge in [-0.05, 0) is 43.5 Å². The molecule has 1 atom stereocenters. The maximum atomic E-state index is 5.99. The summed E-state index contributed by atoms with van der Waals surface area (Å²) in [7, 11) is 0. The molecule has 24 heavy (non-hydrogen) atoms. The molecule has 2 aromatic heterocycles. The van der Waals surface area contributed by atoms with Crippen LogP contribution in [0, 0.1) is 12.3 Å². The van der Waals surface area contributed by atoms with Gasteiger partial charge in [-0.3, -0.25) is 9.80 Å². The topological polar surface area (TPSA) is 28.9 Å². The summed E-state index contributed by atoms with van der Waals surface area (Å²) >= 11 is 1.86. The van der Waals surface area contributed by atoms with Crippen LogP contribution in [0.3, 0.4) is 0 Å². The highest BCUT2D eigenvalue weighted by Crippen LogP contribution is 2.35. The molecule has 2 aromatic rings. The third-order valence-corrected chi connectivity index (χ3v) is 6.03. The highest BCUT2D eigenvalue weighted by Gasteiger charge is 2.41. The average molecular weight is 346 g/mol. The van der Waals surface area contributed by atoms with E-state index in [4.69, 9.17) is 9.15 Å². The van der Waals surface area contributed by atoms with Crippen molar-refractivity contribution in [2.75, 3.05) is 39.4 Å². The van der Waals surface area contributed by atoms with Gasteiger partial charge < -0.3 is 9.15 Å². The predicted octanol–water partition coefficient (Wildman–Crippen LogP) is 3.37. The van der Waals surface area contributed by atoms with E-state index in [-0.39, 0.29) is 5.41 Å². The first-order chi connectivity index (χ1) is 11.7. The van der Waals surface area contributed by atoms with Gasteiger partial charge in [-0.1, -0.05) is 6.07 Å². The minimum atomic E-state index is 0.273. The lowest BCUT2D eigenvalue weighted by molar-refractivity contribution is 0.0705. The lowest BCUT2D eigenvalue weighted by atomic mass is 9.87. The number of furan rings is 1. The number of rotatable bonds is 4. The van der Waals surface area contributed by atoms with E-state index in [2.05, 4.69) is 39.4 Å². The van der Waals surface area contributed by atoms with Gasteiger partial charge in [-0.25, -0.2) is 0 Å². The summed E-state index contributed by atoms with van der Waals surface area (Å²) in [5.74, 6) is 2.06. The Kier molecular flexibility index (Phi) is 4.77. The Balaban J connectivity index is 1.40. The molecule has 4 nitrogen and oxygen atoms in total. The molecular formula is C19H26N2O2S. The van der Waals surface area contributed by atoms with E-state index in [1.807, 2.05) is 18.3 Å². The standard InChI is InChI=1S/C19H26N2O2S/c1-16-4-5-17(23-16)11-21-8-9-22-15-19(14-21)6-7-20(13-19)12-18-3-2-10-24-18/h2-5,10H,6-9,11-15H2,1H3/t19-/m1/s1. The normalized spacial score (nSPS) is 26.2. The van der Waals surface area contributed by atoms with Gasteiger partial charge in [0.15, 0.2) is 0 Å². The van der Waals surface area contributed by atoms with E-state index in [0.717, 1.165) is 57.5 Å². The van der Waals surface area contributed by atoms with Crippen molar-refractivity contribution in [2.45, 2.75) is 26.4 Å². The molecule has 5 heteroatoms. The molecule has 2 aliphatic heterocycles. The summed E-state index contributed by atoms with van der Waals surface area (Å²) in [5.41, 5.74) is 0.273. The molecule has 0 bridgehead atoms. The van der Waals surface area contributed by atoms with Crippen LogP contribution in [0.5, 0.6) is 0 Å². The molecule has 0 amide bonds. The number of nitrogens with zero attached hydrogens (tertiary/aromatic N) is 2. The largest absolute Gasteiger partial charge is 0.465 e. The maximum Gasteiger partial charge on any atom is 0.118 e. The van der Waals surface area contributed by atoms with Crippen molar-refractivity contribution in [3.63, 3.8) is 0 Å². The summed E-state index contributed by atoms with van der Waals surface area (Å²) in [6, 6.07) is 8.54. The molecule has 0 radical (unpaired) electrons. The molecule has 2 fully saturated rings. The number of ether oxygens (including phenoxy) is 1. The van der Waals surface area contributed by atoms with Crippen molar-refractivity contribution < 1.29 is 9.15 Å². The van der Waals surface area contributed by atoms with Gasteiger partial charge in [-0.2, -0.15) is 0 Å². The van der Waals surface area contributed by atoms with Gasteiger partial charge in [0.05, 0.1) is 19.8 Å². The fourth-order valence-electron chi connectivity index (χ4n) is 4.04. The summed E-state index contributed by atoms with van der Waals surface area (Å²) in [6.07, 6.45) is 1.23. The van der Waals surface area contributed by atoms with Gasteiger partial charge in [0.25, 0.3) is 0 Å². The highest BCUT2D eigenvalue weighted by molar-refractivity contribution is 7.09. The Morgan fingerprint density at radius 1 is 1.12 bits per heavy atom. The van der Waals surface area contributed by atoms with Crippen LogP contribution in [0.15, 0.2) is 34.1 Å². The zero-order chi connectivity index (χ0) is 16.4. The minimum absolute atomic E-state index is 0.273. The van der Waals surface area contributed by atoms with Crippen molar-refractivity contribution in [1.82, 2.24) is 9.80 Å². The highest BCUT2D eigenvalue weighted by atomic mass is 32.1. The SMILES string of the molecule is Cc1ccc(CN2CCOC[C@@]3(CCN(Cc4cccs4)C3)C2)o1. The van der Waals surface area contributed by atoms with E-state index in [9.17, 15) is 0 Å². The number of hydrogen-bond acceptors (Lipinski definition) is 5. The molecule has 1 spiro atoms. The van der Waals surface area contributed by atoms with Gasteiger partial charge in [0.1, 0.15) is 11.5 Å². The molecule has 0 aromatic carbocycles. The van der Waals surface area contributed by atoms with E-state index < -0.39 is 0 Å². The number of aryl methyl sites for hydroxylation is 1. The second kappa shape index (κ2) is 7.00. The summed E-state index contributed by atoms with van der Waals surface area (Å²) in [5, 5.41) is 2.17. The first-order valence-electron chi connectivity index (χ1n) is 8.81. The lowest BCUT2D eigenvalue weighted by Crippen LogP contribution is -2.40. The van der Waals surface area contributed by atoms with Crippen molar-refractivity contribution in [3.05, 3.63) is 46.0 Å². The molecule has 0 aliphatic carbocycles. The van der Waals surface area contributed by atoms with Crippen molar-refractivity contribution in [2.24, 2.45) is 5.41 Å². The fraction of sp³-hybridized carbons (Fsp3) is 0.579. The molecule has 2 aliphatic rings. The van der Waals surface area contributed by atoms with Crippen LogP contribution >= 0.6 is 11.3 Å². The molecule has 130 valence electrons. The first-order valence-corrected chi connectivity index (χ1v) is 9.69. The average Bonchev–Trinajstić information content (AvgIpc) is 3.25. The van der Waals surface area contributed by atoms with Crippen LogP contribution in [0.4, 0.5) is 0 Å². The monoisotopic (exact) mass is 346 g/mol. The number of likely N-dealkylation sites (tertiary alicyclic amines) is 1. The van der Waals surface area contributed by atoms with Gasteiger partial charge in [0.2, 0.25) is 0 Å². The van der Waals surface area contributed by atoms with Crippen LogP contribution in [0.2, 0.25) is 0 Å². The van der Waals surface area contributed by atoms with Gasteiger partial charge in [0, 0.05) is 36.5 Å².